The molecule has 0 aliphatic carbocycles. The molecular formula is C14H24N2. The van der Waals surface area contributed by atoms with Crippen LogP contribution in [-0.2, 0) is 12.8 Å². The van der Waals surface area contributed by atoms with Crippen LogP contribution in [0.25, 0.3) is 0 Å². The molecule has 0 heterocycles. The largest absolute Gasteiger partial charge is 0.398 e. The Morgan fingerprint density at radius 3 is 2.06 bits per heavy atom. The zero-order chi connectivity index (χ0) is 12.3. The van der Waals surface area contributed by atoms with Gasteiger partial charge in [0.25, 0.3) is 0 Å². The van der Waals surface area contributed by atoms with Crippen molar-refractivity contribution in [3.05, 3.63) is 22.8 Å². The second kappa shape index (κ2) is 5.24. The molecule has 0 aliphatic heterocycles. The van der Waals surface area contributed by atoms with Crippen molar-refractivity contribution in [2.24, 2.45) is 0 Å². The van der Waals surface area contributed by atoms with Crippen molar-refractivity contribution in [2.45, 2.75) is 52.9 Å². The molecule has 0 amide bonds. The number of anilines is 2. The van der Waals surface area contributed by atoms with E-state index in [0.717, 1.165) is 30.6 Å². The highest BCUT2D eigenvalue weighted by atomic mass is 14.6. The van der Waals surface area contributed by atoms with E-state index < -0.39 is 0 Å². The molecular weight excluding hydrogens is 196 g/mol. The topological polar surface area (TPSA) is 52.0 Å². The SMILES string of the molecule is CCc1c(N)cc(C(C)CC)c(N)c1CC. The minimum absolute atomic E-state index is 0.485. The Balaban J connectivity index is 3.39. The van der Waals surface area contributed by atoms with Gasteiger partial charge in [0.15, 0.2) is 0 Å². The van der Waals surface area contributed by atoms with Crippen molar-refractivity contribution in [1.29, 1.82) is 0 Å². The molecule has 1 rings (SSSR count). The lowest BCUT2D eigenvalue weighted by Gasteiger charge is -2.20. The van der Waals surface area contributed by atoms with Gasteiger partial charge in [-0.3, -0.25) is 0 Å². The molecule has 1 atom stereocenters. The zero-order valence-corrected chi connectivity index (χ0v) is 10.9. The molecule has 0 radical (unpaired) electrons. The average molecular weight is 220 g/mol. The summed E-state index contributed by atoms with van der Waals surface area (Å²) in [6.07, 6.45) is 3.02. The Labute approximate surface area is 99.0 Å². The van der Waals surface area contributed by atoms with Gasteiger partial charge in [0.05, 0.1) is 0 Å². The highest BCUT2D eigenvalue weighted by Crippen LogP contribution is 2.34. The van der Waals surface area contributed by atoms with E-state index in [1.165, 1.54) is 16.7 Å². The van der Waals surface area contributed by atoms with Crippen LogP contribution in [0, 0.1) is 0 Å². The van der Waals surface area contributed by atoms with Crippen molar-refractivity contribution in [2.75, 3.05) is 11.5 Å². The Morgan fingerprint density at radius 1 is 1.06 bits per heavy atom. The van der Waals surface area contributed by atoms with Crippen LogP contribution in [0.1, 0.15) is 56.7 Å². The van der Waals surface area contributed by atoms with Gasteiger partial charge in [-0.15, -0.1) is 0 Å². The first kappa shape index (κ1) is 12.9. The highest BCUT2D eigenvalue weighted by molar-refractivity contribution is 5.67. The van der Waals surface area contributed by atoms with E-state index in [1.54, 1.807) is 0 Å². The fourth-order valence-electron chi connectivity index (χ4n) is 2.29. The van der Waals surface area contributed by atoms with E-state index in [0.29, 0.717) is 5.92 Å². The molecule has 0 aromatic heterocycles. The van der Waals surface area contributed by atoms with E-state index >= 15 is 0 Å². The van der Waals surface area contributed by atoms with Gasteiger partial charge in [-0.2, -0.15) is 0 Å². The first-order valence-electron chi connectivity index (χ1n) is 6.26. The molecule has 1 aromatic rings. The molecule has 2 heteroatoms. The van der Waals surface area contributed by atoms with Gasteiger partial charge in [-0.1, -0.05) is 27.7 Å². The summed E-state index contributed by atoms with van der Waals surface area (Å²) in [6.45, 7) is 8.66. The quantitative estimate of drug-likeness (QED) is 0.763. The molecule has 4 N–H and O–H groups in total. The summed E-state index contributed by atoms with van der Waals surface area (Å²) < 4.78 is 0. The lowest BCUT2D eigenvalue weighted by atomic mass is 9.89. The molecule has 2 nitrogen and oxygen atoms in total. The molecule has 0 spiro atoms. The molecule has 1 aromatic carbocycles. The third-order valence-electron chi connectivity index (χ3n) is 3.51. The van der Waals surface area contributed by atoms with Gasteiger partial charge >= 0.3 is 0 Å². The Bertz CT molecular complexity index is 369. The van der Waals surface area contributed by atoms with Crippen molar-refractivity contribution in [3.63, 3.8) is 0 Å². The number of nitrogens with two attached hydrogens (primary N) is 2. The number of rotatable bonds is 4. The minimum Gasteiger partial charge on any atom is -0.398 e. The lowest BCUT2D eigenvalue weighted by Crippen LogP contribution is -2.08. The van der Waals surface area contributed by atoms with Crippen LogP contribution in [0.15, 0.2) is 6.07 Å². The second-order valence-electron chi connectivity index (χ2n) is 4.44. The van der Waals surface area contributed by atoms with Gasteiger partial charge in [0.1, 0.15) is 0 Å². The van der Waals surface area contributed by atoms with E-state index in [9.17, 15) is 0 Å². The summed E-state index contributed by atoms with van der Waals surface area (Å²) in [4.78, 5) is 0. The zero-order valence-electron chi connectivity index (χ0n) is 10.9. The van der Waals surface area contributed by atoms with Crippen molar-refractivity contribution in [1.82, 2.24) is 0 Å². The highest BCUT2D eigenvalue weighted by Gasteiger charge is 2.15. The summed E-state index contributed by atoms with van der Waals surface area (Å²) >= 11 is 0. The monoisotopic (exact) mass is 220 g/mol. The standard InChI is InChI=1S/C14H24N2/c1-5-9(4)12-8-13(15)10(6-2)11(7-3)14(12)16/h8-9H,5-7,15-16H2,1-4H3. The molecule has 0 aliphatic rings. The first-order valence-corrected chi connectivity index (χ1v) is 6.26. The van der Waals surface area contributed by atoms with Crippen molar-refractivity contribution >= 4 is 11.4 Å². The van der Waals surface area contributed by atoms with Crippen molar-refractivity contribution in [3.8, 4) is 0 Å². The third-order valence-corrected chi connectivity index (χ3v) is 3.51. The smallest absolute Gasteiger partial charge is 0.0386 e. The molecule has 90 valence electrons. The number of hydrogen-bond acceptors (Lipinski definition) is 2. The van der Waals surface area contributed by atoms with E-state index in [2.05, 4.69) is 33.8 Å². The van der Waals surface area contributed by atoms with E-state index in [1.807, 2.05) is 0 Å². The second-order valence-corrected chi connectivity index (χ2v) is 4.44. The maximum absolute atomic E-state index is 6.26. The fraction of sp³-hybridized carbons (Fsp3) is 0.571. The van der Waals surface area contributed by atoms with E-state index in [4.69, 9.17) is 11.5 Å². The Kier molecular flexibility index (Phi) is 4.22. The fourth-order valence-corrected chi connectivity index (χ4v) is 2.29. The maximum atomic E-state index is 6.26. The van der Waals surface area contributed by atoms with Crippen LogP contribution in [0.5, 0.6) is 0 Å². The van der Waals surface area contributed by atoms with Gasteiger partial charge in [-0.25, -0.2) is 0 Å². The minimum atomic E-state index is 0.485. The molecule has 0 saturated heterocycles. The van der Waals surface area contributed by atoms with Crippen LogP contribution in [0.3, 0.4) is 0 Å². The van der Waals surface area contributed by atoms with Crippen LogP contribution >= 0.6 is 0 Å². The summed E-state index contributed by atoms with van der Waals surface area (Å²) in [7, 11) is 0. The number of hydrogen-bond donors (Lipinski definition) is 2. The molecule has 1 unspecified atom stereocenters. The lowest BCUT2D eigenvalue weighted by molar-refractivity contribution is 0.734. The summed E-state index contributed by atoms with van der Waals surface area (Å²) in [5.41, 5.74) is 17.9. The summed E-state index contributed by atoms with van der Waals surface area (Å²) in [5, 5.41) is 0. The Morgan fingerprint density at radius 2 is 1.62 bits per heavy atom. The van der Waals surface area contributed by atoms with Crippen LogP contribution in [0.2, 0.25) is 0 Å². The van der Waals surface area contributed by atoms with Crippen molar-refractivity contribution < 1.29 is 0 Å². The van der Waals surface area contributed by atoms with Gasteiger partial charge in [0.2, 0.25) is 0 Å². The van der Waals surface area contributed by atoms with Crippen LogP contribution in [0.4, 0.5) is 11.4 Å². The van der Waals surface area contributed by atoms with Crippen LogP contribution < -0.4 is 11.5 Å². The summed E-state index contributed by atoms with van der Waals surface area (Å²) in [6, 6.07) is 2.07. The van der Waals surface area contributed by atoms with Gasteiger partial charge in [0, 0.05) is 11.4 Å². The predicted molar refractivity (Wildman–Crippen MR) is 72.7 cm³/mol. The predicted octanol–water partition coefficient (Wildman–Crippen LogP) is 3.49. The number of benzene rings is 1. The van der Waals surface area contributed by atoms with Gasteiger partial charge in [-0.05, 0) is 47.9 Å². The third kappa shape index (κ3) is 2.16. The Hall–Kier alpha value is -1.18. The van der Waals surface area contributed by atoms with Gasteiger partial charge < -0.3 is 11.5 Å². The van der Waals surface area contributed by atoms with Crippen LogP contribution in [-0.4, -0.2) is 0 Å². The molecule has 16 heavy (non-hydrogen) atoms. The molecule has 0 fully saturated rings. The molecule has 0 saturated carbocycles. The summed E-state index contributed by atoms with van der Waals surface area (Å²) in [5.74, 6) is 0.485. The first-order chi connectivity index (χ1) is 7.56. The maximum Gasteiger partial charge on any atom is 0.0386 e. The van der Waals surface area contributed by atoms with E-state index in [-0.39, 0.29) is 0 Å². The normalized spacial score (nSPS) is 12.8. The average Bonchev–Trinajstić information content (AvgIpc) is 2.29. The molecule has 0 bridgehead atoms. The number of nitrogen functional groups attached to an aromatic ring is 2.